The lowest BCUT2D eigenvalue weighted by molar-refractivity contribution is 0.210. The fraction of sp³-hybridized carbons (Fsp3) is 1.00. The van der Waals surface area contributed by atoms with Gasteiger partial charge in [0.2, 0.25) is 0 Å². The number of rotatable bonds is 2. The van der Waals surface area contributed by atoms with Crippen LogP contribution in [0.1, 0.15) is 20.8 Å². The summed E-state index contributed by atoms with van der Waals surface area (Å²) in [6.07, 6.45) is 0.362. The molecular weight excluding hydrogens is 180 g/mol. The maximum Gasteiger partial charge on any atom is 0.192 e. The molecule has 1 rings (SSSR count). The van der Waals surface area contributed by atoms with Gasteiger partial charge in [-0.05, 0) is 18.1 Å². The maximum atomic E-state index is 6.18. The van der Waals surface area contributed by atoms with Crippen molar-refractivity contribution in [2.45, 2.75) is 45.0 Å². The van der Waals surface area contributed by atoms with E-state index in [2.05, 4.69) is 44.7 Å². The molecule has 78 valence electrons. The second-order valence-electron chi connectivity index (χ2n) is 5.26. The Morgan fingerprint density at radius 3 is 2.00 bits per heavy atom. The molecule has 0 aromatic rings. The third kappa shape index (κ3) is 2.77. The molecule has 0 bridgehead atoms. The molecule has 0 unspecified atom stereocenters. The molecule has 0 amide bonds. The first-order chi connectivity index (χ1) is 5.83. The zero-order chi connectivity index (χ0) is 10.1. The Morgan fingerprint density at radius 1 is 1.15 bits per heavy atom. The van der Waals surface area contributed by atoms with Crippen LogP contribution in [-0.4, -0.2) is 27.5 Å². The van der Waals surface area contributed by atoms with Gasteiger partial charge in [0.1, 0.15) is 0 Å². The van der Waals surface area contributed by atoms with Gasteiger partial charge in [0.05, 0.1) is 6.10 Å². The predicted octanol–water partition coefficient (Wildman–Crippen LogP) is 1.48. The van der Waals surface area contributed by atoms with Crippen molar-refractivity contribution in [3.63, 3.8) is 0 Å². The topological polar surface area (TPSA) is 33.3 Å². The van der Waals surface area contributed by atoms with E-state index in [4.69, 9.17) is 4.43 Å². The second kappa shape index (κ2) is 3.69. The highest BCUT2D eigenvalue weighted by Gasteiger charge is 2.39. The molecule has 0 aromatic heterocycles. The molecule has 13 heavy (non-hydrogen) atoms. The molecule has 4 heteroatoms. The van der Waals surface area contributed by atoms with Crippen molar-refractivity contribution < 1.29 is 4.43 Å². The van der Waals surface area contributed by atoms with Crippen LogP contribution >= 0.6 is 0 Å². The van der Waals surface area contributed by atoms with Gasteiger partial charge in [0, 0.05) is 13.1 Å². The molecular formula is C9H22N2OSi. The van der Waals surface area contributed by atoms with Gasteiger partial charge in [-0.2, -0.15) is 0 Å². The minimum atomic E-state index is -1.55. The van der Waals surface area contributed by atoms with Gasteiger partial charge < -0.3 is 4.43 Å². The predicted molar refractivity (Wildman–Crippen MR) is 58.1 cm³/mol. The fourth-order valence-electron chi connectivity index (χ4n) is 1.12. The van der Waals surface area contributed by atoms with Crippen LogP contribution in [0.5, 0.6) is 0 Å². The Kier molecular flexibility index (Phi) is 3.17. The summed E-state index contributed by atoms with van der Waals surface area (Å²) in [4.78, 5) is 0. The van der Waals surface area contributed by atoms with Gasteiger partial charge in [0.25, 0.3) is 0 Å². The van der Waals surface area contributed by atoms with Crippen LogP contribution in [-0.2, 0) is 4.43 Å². The van der Waals surface area contributed by atoms with Crippen LogP contribution < -0.4 is 10.9 Å². The van der Waals surface area contributed by atoms with Crippen molar-refractivity contribution in [3.8, 4) is 0 Å². The normalized spacial score (nSPS) is 21.0. The van der Waals surface area contributed by atoms with E-state index in [0.29, 0.717) is 11.1 Å². The molecule has 0 spiro atoms. The summed E-state index contributed by atoms with van der Waals surface area (Å²) >= 11 is 0. The van der Waals surface area contributed by atoms with E-state index in [-0.39, 0.29) is 0 Å². The number of hydrogen-bond donors (Lipinski definition) is 2. The summed E-state index contributed by atoms with van der Waals surface area (Å²) < 4.78 is 6.18. The van der Waals surface area contributed by atoms with E-state index in [0.717, 1.165) is 13.1 Å². The van der Waals surface area contributed by atoms with Gasteiger partial charge in [0.15, 0.2) is 8.32 Å². The number of hydrogen-bond acceptors (Lipinski definition) is 3. The van der Waals surface area contributed by atoms with E-state index in [1.54, 1.807) is 0 Å². The minimum absolute atomic E-state index is 0.315. The molecule has 2 N–H and O–H groups in total. The molecule has 0 aromatic carbocycles. The average molecular weight is 202 g/mol. The van der Waals surface area contributed by atoms with Crippen molar-refractivity contribution >= 4 is 8.32 Å². The van der Waals surface area contributed by atoms with Crippen LogP contribution in [0.15, 0.2) is 0 Å². The highest BCUT2D eigenvalue weighted by atomic mass is 28.4. The molecule has 0 aliphatic carbocycles. The minimum Gasteiger partial charge on any atom is -0.411 e. The van der Waals surface area contributed by atoms with Crippen molar-refractivity contribution in [2.24, 2.45) is 0 Å². The van der Waals surface area contributed by atoms with Gasteiger partial charge in [-0.25, -0.2) is 0 Å². The van der Waals surface area contributed by atoms with Crippen LogP contribution in [0, 0.1) is 0 Å². The Balaban J connectivity index is 2.50. The van der Waals surface area contributed by atoms with Crippen molar-refractivity contribution in [2.75, 3.05) is 13.1 Å². The summed E-state index contributed by atoms with van der Waals surface area (Å²) in [5.74, 6) is 0. The molecule has 0 radical (unpaired) electrons. The van der Waals surface area contributed by atoms with Gasteiger partial charge in [-0.15, -0.1) is 0 Å². The zero-order valence-corrected chi connectivity index (χ0v) is 10.4. The first kappa shape index (κ1) is 11.2. The second-order valence-corrected chi connectivity index (χ2v) is 10.0. The number of hydrazine groups is 1. The van der Waals surface area contributed by atoms with Crippen LogP contribution in [0.3, 0.4) is 0 Å². The summed E-state index contributed by atoms with van der Waals surface area (Å²) in [6, 6.07) is 0. The summed E-state index contributed by atoms with van der Waals surface area (Å²) in [7, 11) is -1.55. The van der Waals surface area contributed by atoms with E-state index in [1.165, 1.54) is 0 Å². The molecule has 1 aliphatic rings. The standard InChI is InChI=1S/C9H22N2OSi/c1-9(2,3)13(4,5)12-8-6-10-11-7-8/h8,10-11H,6-7H2,1-5H3. The summed E-state index contributed by atoms with van der Waals surface area (Å²) in [5.41, 5.74) is 6.19. The van der Waals surface area contributed by atoms with Gasteiger partial charge in [-0.3, -0.25) is 10.9 Å². The van der Waals surface area contributed by atoms with Crippen LogP contribution in [0.25, 0.3) is 0 Å². The smallest absolute Gasteiger partial charge is 0.192 e. The Labute approximate surface area is 82.3 Å². The van der Waals surface area contributed by atoms with E-state index in [9.17, 15) is 0 Å². The van der Waals surface area contributed by atoms with Gasteiger partial charge in [-0.1, -0.05) is 20.8 Å². The molecule has 1 aliphatic heterocycles. The third-order valence-corrected chi connectivity index (χ3v) is 7.59. The van der Waals surface area contributed by atoms with Crippen LogP contribution in [0.2, 0.25) is 18.1 Å². The van der Waals surface area contributed by atoms with E-state index < -0.39 is 8.32 Å². The third-order valence-electron chi connectivity index (χ3n) is 3.05. The summed E-state index contributed by atoms with van der Waals surface area (Å²) in [5, 5.41) is 0.315. The first-order valence-electron chi connectivity index (χ1n) is 4.96. The van der Waals surface area contributed by atoms with Gasteiger partial charge >= 0.3 is 0 Å². The first-order valence-corrected chi connectivity index (χ1v) is 7.87. The van der Waals surface area contributed by atoms with Crippen molar-refractivity contribution in [1.82, 2.24) is 10.9 Å². The molecule has 0 atom stereocenters. The highest BCUT2D eigenvalue weighted by Crippen LogP contribution is 2.37. The van der Waals surface area contributed by atoms with Crippen molar-refractivity contribution in [1.29, 1.82) is 0 Å². The largest absolute Gasteiger partial charge is 0.411 e. The summed E-state index contributed by atoms with van der Waals surface area (Å²) in [6.45, 7) is 13.3. The van der Waals surface area contributed by atoms with Crippen LogP contribution in [0.4, 0.5) is 0 Å². The Morgan fingerprint density at radius 2 is 1.62 bits per heavy atom. The molecule has 1 saturated heterocycles. The lowest BCUT2D eigenvalue weighted by atomic mass is 10.2. The molecule has 3 nitrogen and oxygen atoms in total. The highest BCUT2D eigenvalue weighted by molar-refractivity contribution is 6.74. The SMILES string of the molecule is CC(C)(C)[Si](C)(C)OC1CNNC1. The zero-order valence-electron chi connectivity index (χ0n) is 9.40. The quantitative estimate of drug-likeness (QED) is 0.666. The van der Waals surface area contributed by atoms with E-state index in [1.807, 2.05) is 0 Å². The van der Waals surface area contributed by atoms with Crippen molar-refractivity contribution in [3.05, 3.63) is 0 Å². The fourth-order valence-corrected chi connectivity index (χ4v) is 2.47. The average Bonchev–Trinajstić information content (AvgIpc) is 2.35. The maximum absolute atomic E-state index is 6.18. The lowest BCUT2D eigenvalue weighted by Gasteiger charge is -2.38. The molecule has 0 saturated carbocycles. The molecule has 1 heterocycles. The Hall–Kier alpha value is 0.0969. The monoisotopic (exact) mass is 202 g/mol. The molecule has 1 fully saturated rings. The Bertz CT molecular complexity index is 171. The lowest BCUT2D eigenvalue weighted by Crippen LogP contribution is -2.45. The van der Waals surface area contributed by atoms with E-state index >= 15 is 0 Å². The number of nitrogens with one attached hydrogen (secondary N) is 2.